The molecule has 2 aliphatic carbocycles. The van der Waals surface area contributed by atoms with Crippen molar-refractivity contribution in [3.05, 3.63) is 177 Å². The molecule has 0 unspecified atom stereocenters. The van der Waals surface area contributed by atoms with Crippen LogP contribution in [0.15, 0.2) is 135 Å². The lowest BCUT2D eigenvalue weighted by atomic mass is 9.82. The van der Waals surface area contributed by atoms with Crippen LogP contribution < -0.4 is 4.65 Å². The van der Waals surface area contributed by atoms with Crippen LogP contribution in [0.1, 0.15) is 49.9 Å². The zero-order chi connectivity index (χ0) is 38.9. The van der Waals surface area contributed by atoms with Crippen molar-refractivity contribution < 1.29 is 19.5 Å². The summed E-state index contributed by atoms with van der Waals surface area (Å²) in [4.78, 5) is 21.1. The molecular weight excluding hydrogens is 879 g/mol. The van der Waals surface area contributed by atoms with Gasteiger partial charge in [-0.15, -0.1) is 0 Å². The van der Waals surface area contributed by atoms with E-state index in [4.69, 9.17) is 9.68 Å². The molecule has 0 heterocycles. The summed E-state index contributed by atoms with van der Waals surface area (Å²) >= 11 is 9.72. The molecule has 6 aromatic rings. The molecule has 271 valence electrons. The average molecular weight is 912 g/mol. The summed E-state index contributed by atoms with van der Waals surface area (Å²) in [7, 11) is 0.740. The lowest BCUT2D eigenvalue weighted by Crippen LogP contribution is -2.14. The summed E-state index contributed by atoms with van der Waals surface area (Å²) in [5.41, 5.74) is 11.1. The van der Waals surface area contributed by atoms with Gasteiger partial charge in [-0.2, -0.15) is 0 Å². The van der Waals surface area contributed by atoms with Gasteiger partial charge in [0.1, 0.15) is 5.75 Å². The van der Waals surface area contributed by atoms with Crippen molar-refractivity contribution in [2.24, 2.45) is 0 Å². The van der Waals surface area contributed by atoms with Crippen molar-refractivity contribution in [3.8, 4) is 39.1 Å². The monoisotopic (exact) mass is 909 g/mol. The molecule has 0 saturated heterocycles. The number of hydrogen-bond donors (Lipinski definition) is 1. The third-order valence-electron chi connectivity index (χ3n) is 9.91. The number of benzene rings is 6. The molecule has 0 saturated carbocycles. The van der Waals surface area contributed by atoms with E-state index in [2.05, 4.69) is 118 Å². The van der Waals surface area contributed by atoms with E-state index >= 15 is 0 Å². The predicted octanol–water partition coefficient (Wildman–Crippen LogP) is 12.3. The second-order valence-corrected chi connectivity index (χ2v) is 16.4. The fourth-order valence-corrected chi connectivity index (χ4v) is 8.92. The summed E-state index contributed by atoms with van der Waals surface area (Å²) in [6.07, 6.45) is 0. The summed E-state index contributed by atoms with van der Waals surface area (Å²) in [5.74, 6) is 0.702. The van der Waals surface area contributed by atoms with Gasteiger partial charge in [0.05, 0.1) is 19.9 Å². The molecule has 0 aromatic heterocycles. The van der Waals surface area contributed by atoms with Crippen LogP contribution in [-0.4, -0.2) is 22.6 Å². The average Bonchev–Trinajstić information content (AvgIpc) is 3.52. The maximum Gasteiger partial charge on any atom is 0.569 e. The Balaban J connectivity index is 0.000000150. The molecule has 0 spiro atoms. The first-order valence-corrected chi connectivity index (χ1v) is 19.2. The molecule has 54 heavy (non-hydrogen) atoms. The fourth-order valence-electron chi connectivity index (χ4n) is 7.37. The normalized spacial score (nSPS) is 13.4. The molecule has 1 radical (unpaired) electrons. The lowest BCUT2D eigenvalue weighted by Gasteiger charge is -2.21. The van der Waals surface area contributed by atoms with Crippen LogP contribution in [0.3, 0.4) is 0 Å². The van der Waals surface area contributed by atoms with Crippen molar-refractivity contribution in [1.29, 1.82) is 0 Å². The minimum atomic E-state index is -0.434. The fraction of sp³-hybridized carbons (Fsp3) is 0.143. The summed E-state index contributed by atoms with van der Waals surface area (Å²) in [5, 5.41) is 30.7. The number of hydrogen-bond acceptors (Lipinski definition) is 6. The highest BCUT2D eigenvalue weighted by Gasteiger charge is 2.38. The van der Waals surface area contributed by atoms with Crippen LogP contribution in [0, 0.1) is 20.2 Å². The van der Waals surface area contributed by atoms with Crippen LogP contribution in [0.2, 0.25) is 0 Å². The maximum atomic E-state index is 11.6. The van der Waals surface area contributed by atoms with Gasteiger partial charge in [-0.1, -0.05) is 138 Å². The Hall–Kier alpha value is -4.62. The quantitative estimate of drug-likeness (QED) is 0.105. The summed E-state index contributed by atoms with van der Waals surface area (Å²) in [6.45, 7) is 8.84. The van der Waals surface area contributed by atoms with E-state index in [9.17, 15) is 20.2 Å². The Morgan fingerprint density at radius 2 is 1.02 bits per heavy atom. The zero-order valence-corrected chi connectivity index (χ0v) is 34.4. The Kier molecular flexibility index (Phi) is 11.3. The Morgan fingerprint density at radius 1 is 0.556 bits per heavy atom. The Bertz CT molecular complexity index is 2430. The van der Waals surface area contributed by atoms with Gasteiger partial charge < -0.3 is 9.68 Å². The molecule has 6 aromatic carbocycles. The zero-order valence-electron chi connectivity index (χ0n) is 29.6. The first kappa shape index (κ1) is 39.1. The summed E-state index contributed by atoms with van der Waals surface area (Å²) < 4.78 is 7.36. The van der Waals surface area contributed by atoms with Crippen molar-refractivity contribution in [2.75, 3.05) is 0 Å². The van der Waals surface area contributed by atoms with Gasteiger partial charge in [-0.25, -0.2) is 0 Å². The second-order valence-electron chi connectivity index (χ2n) is 13.7. The first-order valence-electron chi connectivity index (χ1n) is 16.8. The largest absolute Gasteiger partial charge is 0.569 e. The second kappa shape index (κ2) is 15.6. The molecule has 8 nitrogen and oxygen atoms in total. The standard InChI is InChI=1S/C21H16BrNO2.C15H14BO2.C6H3Br2NO2/c1-21(2)17-8-4-3-6-15(17)20-14(7-5-9-18(20)21)16-12-13(22)10-11-19(16)23(24)25;1-15(2)11-7-4-3-6-10(11)14-12(15)8-5-9-13(14)18-16-17;7-4-1-2-6(9(10)11)5(8)3-4/h3-12H,1-2H3;3-9,17H,1-2H3;1-3H. The van der Waals surface area contributed by atoms with Gasteiger partial charge in [-0.05, 0) is 90.8 Å². The van der Waals surface area contributed by atoms with E-state index in [1.165, 1.54) is 33.9 Å². The van der Waals surface area contributed by atoms with Crippen LogP contribution in [0.25, 0.3) is 33.4 Å². The Morgan fingerprint density at radius 3 is 1.57 bits per heavy atom. The SMILES string of the molecule is CC1(C)c2ccccc2-c2c(-c3cc(Br)ccc3[N+](=O)[O-])cccc21.CC1(C)c2ccccc2-c2c(O[B]O)cccc21.O=[N+]([O-])c1ccc(Br)cc1Br. The van der Waals surface area contributed by atoms with Crippen molar-refractivity contribution >= 4 is 66.8 Å². The number of nitro groups is 2. The van der Waals surface area contributed by atoms with Gasteiger partial charge in [0, 0.05) is 37.5 Å². The molecular formula is C42H33BBr3N2O6. The molecule has 1 N–H and O–H groups in total. The number of nitrogens with zero attached hydrogens (tertiary/aromatic N) is 2. The van der Waals surface area contributed by atoms with Gasteiger partial charge in [-0.3, -0.25) is 20.2 Å². The molecule has 0 atom stereocenters. The molecule has 2 aliphatic rings. The number of fused-ring (bicyclic) bond motifs is 6. The van der Waals surface area contributed by atoms with Crippen molar-refractivity contribution in [2.45, 2.75) is 38.5 Å². The van der Waals surface area contributed by atoms with E-state index in [1.54, 1.807) is 24.3 Å². The van der Waals surface area contributed by atoms with Crippen LogP contribution in [0.4, 0.5) is 11.4 Å². The third-order valence-corrected chi connectivity index (χ3v) is 11.5. The summed E-state index contributed by atoms with van der Waals surface area (Å²) in [6, 6.07) is 38.6. The van der Waals surface area contributed by atoms with E-state index in [0.717, 1.165) is 38.9 Å². The Labute approximate surface area is 339 Å². The van der Waals surface area contributed by atoms with E-state index in [1.807, 2.05) is 48.5 Å². The van der Waals surface area contributed by atoms with Crippen molar-refractivity contribution in [1.82, 2.24) is 0 Å². The number of halogens is 3. The molecule has 0 amide bonds. The van der Waals surface area contributed by atoms with Crippen LogP contribution in [0.5, 0.6) is 5.75 Å². The van der Waals surface area contributed by atoms with E-state index in [0.29, 0.717) is 15.8 Å². The molecule has 12 heteroatoms. The lowest BCUT2D eigenvalue weighted by molar-refractivity contribution is -0.385. The van der Waals surface area contributed by atoms with Crippen LogP contribution in [-0.2, 0) is 10.8 Å². The van der Waals surface area contributed by atoms with Crippen molar-refractivity contribution in [3.63, 3.8) is 0 Å². The molecule has 0 bridgehead atoms. The smallest absolute Gasteiger partial charge is 0.537 e. The molecule has 0 aliphatic heterocycles. The first-order chi connectivity index (χ1) is 25.7. The van der Waals surface area contributed by atoms with E-state index < -0.39 is 4.92 Å². The highest BCUT2D eigenvalue weighted by Crippen LogP contribution is 2.54. The molecule has 0 fully saturated rings. The predicted molar refractivity (Wildman–Crippen MR) is 225 cm³/mol. The topological polar surface area (TPSA) is 116 Å². The minimum absolute atomic E-state index is 0.0270. The minimum Gasteiger partial charge on any atom is -0.537 e. The van der Waals surface area contributed by atoms with E-state index in [-0.39, 0.29) is 27.1 Å². The van der Waals surface area contributed by atoms with Gasteiger partial charge >= 0.3 is 7.69 Å². The number of rotatable bonds is 5. The van der Waals surface area contributed by atoms with Crippen LogP contribution >= 0.6 is 47.8 Å². The molecule has 8 rings (SSSR count). The maximum absolute atomic E-state index is 11.6. The third kappa shape index (κ3) is 7.27. The highest BCUT2D eigenvalue weighted by atomic mass is 79.9. The number of nitro benzene ring substituents is 2. The highest BCUT2D eigenvalue weighted by molar-refractivity contribution is 9.11. The van der Waals surface area contributed by atoms with Gasteiger partial charge in [0.25, 0.3) is 11.4 Å². The van der Waals surface area contributed by atoms with Gasteiger partial charge in [0.15, 0.2) is 0 Å². The van der Waals surface area contributed by atoms with Gasteiger partial charge in [0.2, 0.25) is 0 Å².